The highest BCUT2D eigenvalue weighted by molar-refractivity contribution is 7.97. The van der Waals surface area contributed by atoms with Gasteiger partial charge in [0.1, 0.15) is 6.04 Å². The predicted molar refractivity (Wildman–Crippen MR) is 83.5 cm³/mol. The number of aryl methyl sites for hydroxylation is 2. The minimum Gasteiger partial charge on any atom is -0.268 e. The van der Waals surface area contributed by atoms with Gasteiger partial charge in [-0.3, -0.25) is 4.79 Å². The number of alkyl halides is 3. The van der Waals surface area contributed by atoms with Crippen molar-refractivity contribution in [2.24, 2.45) is 7.05 Å². The first-order valence-corrected chi connectivity index (χ1v) is 7.67. The molecule has 1 heterocycles. The van der Waals surface area contributed by atoms with Crippen LogP contribution in [0.15, 0.2) is 40.0 Å². The average molecular weight is 364 g/mol. The summed E-state index contributed by atoms with van der Waals surface area (Å²) in [6.45, 7) is 1.62. The molecule has 1 atom stereocenters. The molecule has 124 valence electrons. The van der Waals surface area contributed by atoms with Crippen LogP contribution in [0.1, 0.15) is 17.3 Å². The highest BCUT2D eigenvalue weighted by Gasteiger charge is 2.40. The zero-order chi connectivity index (χ0) is 17.2. The second-order valence-corrected chi connectivity index (χ2v) is 6.12. The lowest BCUT2D eigenvalue weighted by atomic mass is 10.1. The molecule has 0 unspecified atom stereocenters. The van der Waals surface area contributed by atoms with Crippen LogP contribution in [0.25, 0.3) is 0 Å². The molecular formula is C14H13ClF3N3OS. The Bertz CT molecular complexity index is 746. The fourth-order valence-corrected chi connectivity index (χ4v) is 2.83. The van der Waals surface area contributed by atoms with Crippen LogP contribution >= 0.6 is 23.5 Å². The first kappa shape index (κ1) is 17.8. The summed E-state index contributed by atoms with van der Waals surface area (Å²) in [5.41, 5.74) is 0.0976. The monoisotopic (exact) mass is 363 g/mol. The van der Waals surface area contributed by atoms with E-state index < -0.39 is 17.8 Å². The number of hydrogen-bond acceptors (Lipinski definition) is 4. The van der Waals surface area contributed by atoms with Gasteiger partial charge in [0.2, 0.25) is 0 Å². The lowest BCUT2D eigenvalue weighted by molar-refractivity contribution is -0.152. The largest absolute Gasteiger partial charge is 0.408 e. The number of aromatic nitrogens is 2. The third-order valence-corrected chi connectivity index (χ3v) is 4.29. The molecular weight excluding hydrogens is 351 g/mol. The van der Waals surface area contributed by atoms with E-state index in [0.717, 1.165) is 16.6 Å². The van der Waals surface area contributed by atoms with Crippen LogP contribution in [0.2, 0.25) is 5.02 Å². The number of rotatable bonds is 4. The van der Waals surface area contributed by atoms with Gasteiger partial charge in [-0.1, -0.05) is 23.7 Å². The SMILES string of the molecule is Cc1nn(C)c(=O)cc1SN[C@H](c1ccc(Cl)cc1)C(F)(F)F. The zero-order valence-corrected chi connectivity index (χ0v) is 13.8. The molecule has 0 saturated carbocycles. The van der Waals surface area contributed by atoms with Crippen LogP contribution in [0.4, 0.5) is 13.2 Å². The Kier molecular flexibility index (Phi) is 5.38. The smallest absolute Gasteiger partial charge is 0.268 e. The van der Waals surface area contributed by atoms with Crippen molar-refractivity contribution in [1.29, 1.82) is 0 Å². The van der Waals surface area contributed by atoms with E-state index in [2.05, 4.69) is 9.82 Å². The van der Waals surface area contributed by atoms with E-state index in [1.165, 1.54) is 37.4 Å². The summed E-state index contributed by atoms with van der Waals surface area (Å²) in [6.07, 6.45) is -4.50. The van der Waals surface area contributed by atoms with Crippen molar-refractivity contribution in [3.63, 3.8) is 0 Å². The molecule has 2 rings (SSSR count). The quantitative estimate of drug-likeness (QED) is 0.842. The summed E-state index contributed by atoms with van der Waals surface area (Å²) < 4.78 is 43.3. The van der Waals surface area contributed by atoms with Gasteiger partial charge in [-0.2, -0.15) is 18.3 Å². The highest BCUT2D eigenvalue weighted by Crippen LogP contribution is 2.35. The van der Waals surface area contributed by atoms with E-state index in [9.17, 15) is 18.0 Å². The number of hydrogen-bond donors (Lipinski definition) is 1. The van der Waals surface area contributed by atoms with E-state index in [1.807, 2.05) is 0 Å². The zero-order valence-electron chi connectivity index (χ0n) is 12.2. The van der Waals surface area contributed by atoms with Crippen LogP contribution in [0.3, 0.4) is 0 Å². The Balaban J connectivity index is 2.25. The lowest BCUT2D eigenvalue weighted by Crippen LogP contribution is -2.30. The van der Waals surface area contributed by atoms with Crippen LogP contribution in [-0.4, -0.2) is 16.0 Å². The molecule has 0 fully saturated rings. The Labute approximate surface area is 139 Å². The molecule has 0 bridgehead atoms. The molecule has 1 N–H and O–H groups in total. The van der Waals surface area contributed by atoms with Gasteiger partial charge in [-0.25, -0.2) is 9.40 Å². The van der Waals surface area contributed by atoms with Gasteiger partial charge in [0.05, 0.1) is 10.6 Å². The number of nitrogens with one attached hydrogen (secondary N) is 1. The summed E-state index contributed by atoms with van der Waals surface area (Å²) in [6, 6.07) is 4.76. The second-order valence-electron chi connectivity index (χ2n) is 4.80. The highest BCUT2D eigenvalue weighted by atomic mass is 35.5. The van der Waals surface area contributed by atoms with Crippen molar-refractivity contribution in [2.45, 2.75) is 24.0 Å². The van der Waals surface area contributed by atoms with Gasteiger partial charge in [0.15, 0.2) is 0 Å². The maximum absolute atomic E-state index is 13.3. The number of benzene rings is 1. The summed E-state index contributed by atoms with van der Waals surface area (Å²) in [5.74, 6) is 0. The minimum atomic E-state index is -4.50. The maximum Gasteiger partial charge on any atom is 0.408 e. The molecule has 1 aromatic carbocycles. The summed E-state index contributed by atoms with van der Waals surface area (Å²) in [4.78, 5) is 11.9. The van der Waals surface area contributed by atoms with Crippen molar-refractivity contribution in [3.05, 3.63) is 57.0 Å². The fraction of sp³-hybridized carbons (Fsp3) is 0.286. The maximum atomic E-state index is 13.3. The normalized spacial score (nSPS) is 13.1. The lowest BCUT2D eigenvalue weighted by Gasteiger charge is -2.21. The Morgan fingerprint density at radius 2 is 1.91 bits per heavy atom. The second kappa shape index (κ2) is 6.94. The molecule has 0 aliphatic heterocycles. The predicted octanol–water partition coefficient (Wildman–Crippen LogP) is 3.64. The van der Waals surface area contributed by atoms with Gasteiger partial charge >= 0.3 is 6.18 Å². The third-order valence-electron chi connectivity index (χ3n) is 3.05. The van der Waals surface area contributed by atoms with Crippen molar-refractivity contribution in [1.82, 2.24) is 14.5 Å². The van der Waals surface area contributed by atoms with Crippen molar-refractivity contribution >= 4 is 23.5 Å². The first-order valence-electron chi connectivity index (χ1n) is 6.48. The van der Waals surface area contributed by atoms with Crippen LogP contribution in [0, 0.1) is 6.92 Å². The molecule has 0 aliphatic carbocycles. The van der Waals surface area contributed by atoms with Gasteiger partial charge < -0.3 is 0 Å². The molecule has 4 nitrogen and oxygen atoms in total. The van der Waals surface area contributed by atoms with E-state index in [1.54, 1.807) is 6.92 Å². The van der Waals surface area contributed by atoms with Gasteiger partial charge in [0.25, 0.3) is 5.56 Å². The third kappa shape index (κ3) is 4.49. The Morgan fingerprint density at radius 3 is 2.48 bits per heavy atom. The average Bonchev–Trinajstić information content (AvgIpc) is 2.45. The van der Waals surface area contributed by atoms with Crippen LogP contribution in [-0.2, 0) is 7.05 Å². The standard InChI is InChI=1S/C14H13ClF3N3OS/c1-8-11(7-12(22)21(2)19-8)23-20-13(14(16,17)18)9-3-5-10(15)6-4-9/h3-7,13,20H,1-2H3/t13-/m1/s1. The molecule has 0 aliphatic rings. The number of halogens is 4. The van der Waals surface area contributed by atoms with E-state index in [0.29, 0.717) is 15.6 Å². The van der Waals surface area contributed by atoms with E-state index in [4.69, 9.17) is 11.6 Å². The summed E-state index contributed by atoms with van der Waals surface area (Å²) >= 11 is 6.43. The molecule has 0 spiro atoms. The van der Waals surface area contributed by atoms with Gasteiger partial charge in [0, 0.05) is 18.1 Å². The van der Waals surface area contributed by atoms with Crippen molar-refractivity contribution < 1.29 is 13.2 Å². The van der Waals surface area contributed by atoms with Gasteiger partial charge in [-0.15, -0.1) is 0 Å². The molecule has 1 aromatic heterocycles. The molecule has 0 radical (unpaired) electrons. The topological polar surface area (TPSA) is 46.9 Å². The van der Waals surface area contributed by atoms with Gasteiger partial charge in [-0.05, 0) is 36.6 Å². The summed E-state index contributed by atoms with van der Waals surface area (Å²) in [7, 11) is 1.48. The summed E-state index contributed by atoms with van der Waals surface area (Å²) in [5, 5.41) is 4.30. The number of nitrogens with zero attached hydrogens (tertiary/aromatic N) is 2. The minimum absolute atomic E-state index is 0.0313. The molecule has 0 saturated heterocycles. The van der Waals surface area contributed by atoms with Crippen molar-refractivity contribution in [2.75, 3.05) is 0 Å². The van der Waals surface area contributed by atoms with E-state index in [-0.39, 0.29) is 5.56 Å². The molecule has 2 aromatic rings. The fourth-order valence-electron chi connectivity index (χ4n) is 1.84. The first-order chi connectivity index (χ1) is 10.7. The Hall–Kier alpha value is -1.51. The Morgan fingerprint density at radius 1 is 1.30 bits per heavy atom. The van der Waals surface area contributed by atoms with E-state index >= 15 is 0 Å². The van der Waals surface area contributed by atoms with Crippen LogP contribution < -0.4 is 10.3 Å². The van der Waals surface area contributed by atoms with Crippen LogP contribution in [0.5, 0.6) is 0 Å². The molecule has 9 heteroatoms. The molecule has 23 heavy (non-hydrogen) atoms. The van der Waals surface area contributed by atoms with Crippen molar-refractivity contribution in [3.8, 4) is 0 Å². The molecule has 0 amide bonds.